The fourth-order valence-electron chi connectivity index (χ4n) is 0.860. The van der Waals surface area contributed by atoms with Crippen LogP contribution < -0.4 is 5.32 Å². The highest BCUT2D eigenvalue weighted by molar-refractivity contribution is 9.11. The van der Waals surface area contributed by atoms with E-state index >= 15 is 0 Å². The Kier molecular flexibility index (Phi) is 3.40. The van der Waals surface area contributed by atoms with E-state index in [9.17, 15) is 0 Å². The summed E-state index contributed by atoms with van der Waals surface area (Å²) in [4.78, 5) is 0. The molecule has 0 aromatic heterocycles. The van der Waals surface area contributed by atoms with Crippen LogP contribution in [0, 0.1) is 0 Å². The molecule has 1 aromatic carbocycles. The molecule has 0 aliphatic carbocycles. The second-order valence-electron chi connectivity index (χ2n) is 2.19. The number of nitrogens with one attached hydrogen (secondary N) is 1. The van der Waals surface area contributed by atoms with Crippen LogP contribution in [0.5, 0.6) is 0 Å². The van der Waals surface area contributed by atoms with E-state index in [1.165, 1.54) is 0 Å². The number of halogens is 2. The molecule has 0 aliphatic heterocycles. The van der Waals surface area contributed by atoms with Crippen molar-refractivity contribution in [3.8, 4) is 0 Å². The molecule has 3 heteroatoms. The van der Waals surface area contributed by atoms with Crippen molar-refractivity contribution in [3.05, 3.63) is 27.1 Å². The van der Waals surface area contributed by atoms with Gasteiger partial charge < -0.3 is 5.32 Å². The zero-order valence-corrected chi connectivity index (χ0v) is 9.37. The van der Waals surface area contributed by atoms with Crippen molar-refractivity contribution in [3.63, 3.8) is 0 Å². The fraction of sp³-hybridized carbons (Fsp3) is 0.250. The van der Waals surface area contributed by atoms with Crippen molar-refractivity contribution in [2.75, 3.05) is 11.9 Å². The summed E-state index contributed by atoms with van der Waals surface area (Å²) in [6.07, 6.45) is 0. The molecule has 1 N–H and O–H groups in total. The first-order chi connectivity index (χ1) is 5.22. The van der Waals surface area contributed by atoms with Crippen molar-refractivity contribution in [2.45, 2.75) is 6.92 Å². The highest BCUT2D eigenvalue weighted by Gasteiger charge is 1.94. The van der Waals surface area contributed by atoms with Crippen LogP contribution in [0.4, 0.5) is 5.69 Å². The Morgan fingerprint density at radius 1 is 1.18 bits per heavy atom. The van der Waals surface area contributed by atoms with E-state index in [0.717, 1.165) is 21.2 Å². The van der Waals surface area contributed by atoms with E-state index in [4.69, 9.17) is 0 Å². The Balaban J connectivity index is 2.89. The Hall–Kier alpha value is -0.0200. The van der Waals surface area contributed by atoms with Gasteiger partial charge in [-0.3, -0.25) is 0 Å². The van der Waals surface area contributed by atoms with E-state index in [1.807, 2.05) is 18.2 Å². The lowest BCUT2D eigenvalue weighted by Crippen LogP contribution is -1.95. The van der Waals surface area contributed by atoms with Gasteiger partial charge in [-0.15, -0.1) is 0 Å². The zero-order chi connectivity index (χ0) is 8.27. The van der Waals surface area contributed by atoms with Gasteiger partial charge in [0.1, 0.15) is 0 Å². The van der Waals surface area contributed by atoms with Crippen molar-refractivity contribution < 1.29 is 0 Å². The molecule has 0 saturated carbocycles. The van der Waals surface area contributed by atoms with Crippen molar-refractivity contribution in [1.82, 2.24) is 0 Å². The first-order valence-corrected chi connectivity index (χ1v) is 5.01. The third-order valence-electron chi connectivity index (χ3n) is 1.24. The molecule has 0 saturated heterocycles. The first kappa shape index (κ1) is 9.07. The van der Waals surface area contributed by atoms with Gasteiger partial charge in [-0.1, -0.05) is 31.9 Å². The molecule has 11 heavy (non-hydrogen) atoms. The molecular weight excluding hydrogens is 270 g/mol. The Labute approximate surface area is 83.4 Å². The van der Waals surface area contributed by atoms with Gasteiger partial charge in [0, 0.05) is 21.2 Å². The summed E-state index contributed by atoms with van der Waals surface area (Å²) < 4.78 is 2.17. The van der Waals surface area contributed by atoms with Gasteiger partial charge in [0.05, 0.1) is 0 Å². The highest BCUT2D eigenvalue weighted by Crippen LogP contribution is 2.22. The van der Waals surface area contributed by atoms with Gasteiger partial charge >= 0.3 is 0 Å². The summed E-state index contributed by atoms with van der Waals surface area (Å²) in [5, 5.41) is 3.23. The molecule has 0 atom stereocenters. The third kappa shape index (κ3) is 2.83. The predicted octanol–water partition coefficient (Wildman–Crippen LogP) is 3.64. The van der Waals surface area contributed by atoms with Crippen LogP contribution in [-0.2, 0) is 0 Å². The van der Waals surface area contributed by atoms with E-state index in [2.05, 4.69) is 44.1 Å². The SMILES string of the molecule is CCNc1cc(Br)cc(Br)c1. The molecule has 60 valence electrons. The van der Waals surface area contributed by atoms with Crippen LogP contribution in [0.2, 0.25) is 0 Å². The zero-order valence-electron chi connectivity index (χ0n) is 6.20. The molecule has 0 spiro atoms. The van der Waals surface area contributed by atoms with E-state index < -0.39 is 0 Å². The molecule has 0 amide bonds. The highest BCUT2D eigenvalue weighted by atomic mass is 79.9. The summed E-state index contributed by atoms with van der Waals surface area (Å²) in [6, 6.07) is 6.11. The average Bonchev–Trinajstić information content (AvgIpc) is 1.85. The van der Waals surface area contributed by atoms with Gasteiger partial charge in [-0.2, -0.15) is 0 Å². The lowest BCUT2D eigenvalue weighted by molar-refractivity contribution is 1.21. The number of hydrogen-bond acceptors (Lipinski definition) is 1. The fourth-order valence-corrected chi connectivity index (χ4v) is 2.15. The maximum Gasteiger partial charge on any atom is 0.0362 e. The largest absolute Gasteiger partial charge is 0.385 e. The first-order valence-electron chi connectivity index (χ1n) is 3.42. The van der Waals surface area contributed by atoms with Crippen LogP contribution >= 0.6 is 31.9 Å². The molecule has 1 aromatic rings. The summed E-state index contributed by atoms with van der Waals surface area (Å²) in [5.41, 5.74) is 1.13. The normalized spacial score (nSPS) is 9.73. The molecule has 0 heterocycles. The van der Waals surface area contributed by atoms with Crippen LogP contribution in [0.25, 0.3) is 0 Å². The summed E-state index contributed by atoms with van der Waals surface area (Å²) in [6.45, 7) is 3.03. The quantitative estimate of drug-likeness (QED) is 0.871. The molecule has 0 bridgehead atoms. The Bertz CT molecular complexity index is 228. The van der Waals surface area contributed by atoms with Crippen molar-refractivity contribution >= 4 is 37.5 Å². The number of benzene rings is 1. The maximum absolute atomic E-state index is 3.41. The molecule has 0 unspecified atom stereocenters. The van der Waals surface area contributed by atoms with Gasteiger partial charge in [-0.05, 0) is 25.1 Å². The summed E-state index contributed by atoms with van der Waals surface area (Å²) >= 11 is 6.83. The van der Waals surface area contributed by atoms with Gasteiger partial charge in [0.2, 0.25) is 0 Å². The average molecular weight is 279 g/mol. The second-order valence-corrected chi connectivity index (χ2v) is 4.02. The lowest BCUT2D eigenvalue weighted by Gasteiger charge is -2.03. The number of anilines is 1. The van der Waals surface area contributed by atoms with Crippen LogP contribution in [-0.4, -0.2) is 6.54 Å². The van der Waals surface area contributed by atoms with Crippen LogP contribution in [0.15, 0.2) is 27.1 Å². The van der Waals surface area contributed by atoms with E-state index in [0.29, 0.717) is 0 Å². The minimum Gasteiger partial charge on any atom is -0.385 e. The molecule has 0 fully saturated rings. The standard InChI is InChI=1S/C8H9Br2N/c1-2-11-8-4-6(9)3-7(10)5-8/h3-5,11H,2H2,1H3. The Morgan fingerprint density at radius 2 is 1.73 bits per heavy atom. The number of hydrogen-bond donors (Lipinski definition) is 1. The summed E-state index contributed by atoms with van der Waals surface area (Å²) in [7, 11) is 0. The van der Waals surface area contributed by atoms with Crippen molar-refractivity contribution in [1.29, 1.82) is 0 Å². The summed E-state index contributed by atoms with van der Waals surface area (Å²) in [5.74, 6) is 0. The maximum atomic E-state index is 3.41. The smallest absolute Gasteiger partial charge is 0.0362 e. The molecule has 1 nitrogen and oxygen atoms in total. The van der Waals surface area contributed by atoms with Gasteiger partial charge in [0.25, 0.3) is 0 Å². The van der Waals surface area contributed by atoms with Crippen LogP contribution in [0.3, 0.4) is 0 Å². The lowest BCUT2D eigenvalue weighted by atomic mass is 10.3. The van der Waals surface area contributed by atoms with Crippen LogP contribution in [0.1, 0.15) is 6.92 Å². The third-order valence-corrected chi connectivity index (χ3v) is 2.16. The molecular formula is C8H9Br2N. The van der Waals surface area contributed by atoms with E-state index in [-0.39, 0.29) is 0 Å². The van der Waals surface area contributed by atoms with Gasteiger partial charge in [0.15, 0.2) is 0 Å². The molecule has 1 rings (SSSR count). The number of rotatable bonds is 2. The second kappa shape index (κ2) is 4.12. The molecule has 0 aliphatic rings. The van der Waals surface area contributed by atoms with E-state index in [1.54, 1.807) is 0 Å². The monoisotopic (exact) mass is 277 g/mol. The van der Waals surface area contributed by atoms with Crippen molar-refractivity contribution in [2.24, 2.45) is 0 Å². The van der Waals surface area contributed by atoms with Gasteiger partial charge in [-0.25, -0.2) is 0 Å². The predicted molar refractivity (Wildman–Crippen MR) is 56.0 cm³/mol. The minimum atomic E-state index is 0.947. The molecule has 0 radical (unpaired) electrons. The topological polar surface area (TPSA) is 12.0 Å². The minimum absolute atomic E-state index is 0.947. The Morgan fingerprint density at radius 3 is 2.18 bits per heavy atom.